The van der Waals surface area contributed by atoms with Crippen LogP contribution in [-0.4, -0.2) is 0 Å². The molecule has 0 amide bonds. The molecule has 69 heavy (non-hydrogen) atoms. The van der Waals surface area contributed by atoms with Crippen LogP contribution in [0.25, 0.3) is 88.4 Å². The zero-order chi connectivity index (χ0) is 46.7. The first-order valence-corrected chi connectivity index (χ1v) is 24.9. The minimum atomic E-state index is -0.205. The molecule has 0 saturated heterocycles. The van der Waals surface area contributed by atoms with Crippen molar-refractivity contribution < 1.29 is 8.83 Å². The molecule has 334 valence electrons. The van der Waals surface area contributed by atoms with Crippen molar-refractivity contribution in [2.45, 2.75) is 83.5 Å². The predicted molar refractivity (Wildman–Crippen MR) is 287 cm³/mol. The molecule has 2 nitrogen and oxygen atoms in total. The van der Waals surface area contributed by atoms with E-state index in [1.165, 1.54) is 122 Å². The van der Waals surface area contributed by atoms with E-state index < -0.39 is 0 Å². The first-order chi connectivity index (χ1) is 33.4. The van der Waals surface area contributed by atoms with E-state index in [1.807, 2.05) is 0 Å². The van der Waals surface area contributed by atoms with Gasteiger partial charge < -0.3 is 8.83 Å². The molecule has 0 spiro atoms. The summed E-state index contributed by atoms with van der Waals surface area (Å²) in [5.41, 5.74) is 27.6. The average Bonchev–Trinajstić information content (AvgIpc) is 4.10. The molecule has 1 atom stereocenters. The first kappa shape index (κ1) is 40.6. The van der Waals surface area contributed by atoms with Crippen molar-refractivity contribution in [1.29, 1.82) is 0 Å². The topological polar surface area (TPSA) is 26.3 Å². The van der Waals surface area contributed by atoms with E-state index in [9.17, 15) is 0 Å². The molecule has 11 aromatic rings. The summed E-state index contributed by atoms with van der Waals surface area (Å²) in [6.07, 6.45) is 1.90. The Morgan fingerprint density at radius 1 is 0.377 bits per heavy atom. The van der Waals surface area contributed by atoms with E-state index >= 15 is 0 Å². The van der Waals surface area contributed by atoms with Crippen molar-refractivity contribution in [2.24, 2.45) is 0 Å². The fourth-order valence-corrected chi connectivity index (χ4v) is 13.4. The number of para-hydroxylation sites is 2. The number of fused-ring (bicyclic) bond motifs is 17. The molecule has 1 unspecified atom stereocenters. The van der Waals surface area contributed by atoms with Crippen LogP contribution < -0.4 is 0 Å². The Morgan fingerprint density at radius 2 is 0.913 bits per heavy atom. The maximum atomic E-state index is 6.80. The van der Waals surface area contributed by atoms with E-state index in [2.05, 4.69) is 218 Å². The van der Waals surface area contributed by atoms with Crippen molar-refractivity contribution in [3.63, 3.8) is 0 Å². The van der Waals surface area contributed by atoms with Crippen molar-refractivity contribution in [1.82, 2.24) is 0 Å². The lowest BCUT2D eigenvalue weighted by Gasteiger charge is -2.25. The van der Waals surface area contributed by atoms with Gasteiger partial charge in [-0.05, 0) is 157 Å². The van der Waals surface area contributed by atoms with Gasteiger partial charge in [-0.15, -0.1) is 0 Å². The lowest BCUT2D eigenvalue weighted by atomic mass is 9.78. The van der Waals surface area contributed by atoms with Crippen LogP contribution in [0.5, 0.6) is 0 Å². The molecule has 0 radical (unpaired) electrons. The van der Waals surface area contributed by atoms with E-state index in [-0.39, 0.29) is 16.2 Å². The molecule has 0 aliphatic heterocycles. The highest BCUT2D eigenvalue weighted by Gasteiger charge is 2.43. The molecule has 2 heterocycles. The van der Waals surface area contributed by atoms with Gasteiger partial charge in [0.05, 0.1) is 0 Å². The summed E-state index contributed by atoms with van der Waals surface area (Å²) in [6.45, 7) is 16.7. The van der Waals surface area contributed by atoms with E-state index in [4.69, 9.17) is 8.83 Å². The highest BCUT2D eigenvalue weighted by Crippen LogP contribution is 2.59. The second-order valence-corrected chi connectivity index (χ2v) is 22.0. The molecular weight excluding hydrogens is 837 g/mol. The minimum Gasteiger partial charge on any atom is -0.456 e. The fraction of sp³-hybridized carbons (Fsp3) is 0.194. The number of furan rings is 2. The molecule has 0 saturated carbocycles. The van der Waals surface area contributed by atoms with E-state index in [1.54, 1.807) is 0 Å². The van der Waals surface area contributed by atoms with Gasteiger partial charge in [-0.25, -0.2) is 0 Å². The van der Waals surface area contributed by atoms with Gasteiger partial charge in [0.25, 0.3) is 0 Å². The Kier molecular flexibility index (Phi) is 8.29. The summed E-state index contributed by atoms with van der Waals surface area (Å²) in [4.78, 5) is 0. The van der Waals surface area contributed by atoms with Crippen LogP contribution in [0, 0.1) is 6.92 Å². The quantitative estimate of drug-likeness (QED) is 0.166. The predicted octanol–water partition coefficient (Wildman–Crippen LogP) is 17.9. The van der Waals surface area contributed by atoms with E-state index in [0.717, 1.165) is 35.2 Å². The summed E-state index contributed by atoms with van der Waals surface area (Å²) in [7, 11) is 0. The van der Waals surface area contributed by atoms with Gasteiger partial charge in [0, 0.05) is 43.4 Å². The molecule has 14 rings (SSSR count). The standard InChI is InChI=1S/C67H54O2/c1-38-17-11-12-20-43(38)49-36-56-60(63-47-22-14-16-24-58(47)69-64(49)63)45-28-26-40(34-53(45)67(56,6)7)32-42(41-18-9-8-10-19-41)31-39-25-27-44-48-35-55-50(37-54(48)66(4,5)52(44)33-39)61-51(65(55,2)3)29-30-59-62(61)46-21-13-15-23-57(46)68-59/h8-30,33-37,42H,31-32H2,1-7H3. The van der Waals surface area contributed by atoms with Crippen molar-refractivity contribution in [2.75, 3.05) is 0 Å². The summed E-state index contributed by atoms with van der Waals surface area (Å²) in [6, 6.07) is 63.8. The van der Waals surface area contributed by atoms with Crippen LogP contribution in [-0.2, 0) is 29.1 Å². The maximum Gasteiger partial charge on any atom is 0.143 e. The first-order valence-electron chi connectivity index (χ1n) is 24.9. The molecule has 9 aromatic carbocycles. The summed E-state index contributed by atoms with van der Waals surface area (Å²) >= 11 is 0. The molecule has 2 aromatic heterocycles. The third-order valence-electron chi connectivity index (χ3n) is 17.1. The second kappa shape index (κ2) is 14.1. The summed E-state index contributed by atoms with van der Waals surface area (Å²) < 4.78 is 13.2. The van der Waals surface area contributed by atoms with Gasteiger partial charge in [-0.2, -0.15) is 0 Å². The fourth-order valence-electron chi connectivity index (χ4n) is 13.4. The van der Waals surface area contributed by atoms with Crippen molar-refractivity contribution >= 4 is 43.9 Å². The Hall–Kier alpha value is -7.42. The van der Waals surface area contributed by atoms with Crippen LogP contribution >= 0.6 is 0 Å². The Morgan fingerprint density at radius 3 is 1.65 bits per heavy atom. The molecule has 0 bridgehead atoms. The van der Waals surface area contributed by atoms with Gasteiger partial charge >= 0.3 is 0 Å². The lowest BCUT2D eigenvalue weighted by Crippen LogP contribution is -2.17. The summed E-state index contributed by atoms with van der Waals surface area (Å²) in [5.74, 6) is 0.298. The van der Waals surface area contributed by atoms with Gasteiger partial charge in [-0.3, -0.25) is 0 Å². The Labute approximate surface area is 404 Å². The number of hydrogen-bond donors (Lipinski definition) is 0. The number of aryl methyl sites for hydroxylation is 1. The van der Waals surface area contributed by atoms with Crippen LogP contribution in [0.2, 0.25) is 0 Å². The Balaban J connectivity index is 0.838. The van der Waals surface area contributed by atoms with Gasteiger partial charge in [0.15, 0.2) is 0 Å². The van der Waals surface area contributed by atoms with Crippen LogP contribution in [0.4, 0.5) is 0 Å². The van der Waals surface area contributed by atoms with Gasteiger partial charge in [0.2, 0.25) is 0 Å². The van der Waals surface area contributed by atoms with Gasteiger partial charge in [-0.1, -0.05) is 175 Å². The van der Waals surface area contributed by atoms with E-state index in [0.29, 0.717) is 5.92 Å². The second-order valence-electron chi connectivity index (χ2n) is 22.0. The maximum absolute atomic E-state index is 6.80. The molecule has 0 N–H and O–H groups in total. The zero-order valence-corrected chi connectivity index (χ0v) is 40.5. The van der Waals surface area contributed by atoms with Crippen molar-refractivity contribution in [3.05, 3.63) is 225 Å². The SMILES string of the molecule is Cc1ccccc1-c1cc2c(c3c1oc1ccccc13)-c1ccc(CC(Cc3ccc4c(c3)C(C)(C)c3cc5c(cc3-4)C(C)(C)c3ccc4oc6ccccc6c4c3-5)c3ccccc3)cc1C2(C)C. The highest BCUT2D eigenvalue weighted by molar-refractivity contribution is 6.19. The Bertz CT molecular complexity index is 4000. The smallest absolute Gasteiger partial charge is 0.143 e. The van der Waals surface area contributed by atoms with Gasteiger partial charge in [0.1, 0.15) is 22.3 Å². The molecular formula is C67H54O2. The normalized spacial score (nSPS) is 15.9. The minimum absolute atomic E-state index is 0.137. The van der Waals surface area contributed by atoms with Crippen LogP contribution in [0.3, 0.4) is 0 Å². The highest BCUT2D eigenvalue weighted by atomic mass is 16.3. The number of hydrogen-bond acceptors (Lipinski definition) is 2. The summed E-state index contributed by atoms with van der Waals surface area (Å²) in [5, 5.41) is 4.84. The van der Waals surface area contributed by atoms with Crippen LogP contribution in [0.15, 0.2) is 179 Å². The third-order valence-corrected chi connectivity index (χ3v) is 17.1. The van der Waals surface area contributed by atoms with Crippen LogP contribution in [0.1, 0.15) is 103 Å². The molecule has 0 fully saturated rings. The largest absolute Gasteiger partial charge is 0.456 e. The zero-order valence-electron chi connectivity index (χ0n) is 40.5. The monoisotopic (exact) mass is 890 g/mol. The third kappa shape index (κ3) is 5.61. The molecule has 3 aliphatic carbocycles. The average molecular weight is 891 g/mol. The molecule has 2 heteroatoms. The van der Waals surface area contributed by atoms with Crippen molar-refractivity contribution in [3.8, 4) is 44.5 Å². The molecule has 3 aliphatic rings. The number of benzene rings is 9. The number of rotatable bonds is 6. The lowest BCUT2D eigenvalue weighted by molar-refractivity contribution is 0.645.